The maximum absolute atomic E-state index is 12.3. The topological polar surface area (TPSA) is 62.8 Å². The molecule has 138 valence electrons. The fourth-order valence-electron chi connectivity index (χ4n) is 3.24. The summed E-state index contributed by atoms with van der Waals surface area (Å²) in [5.74, 6) is 1.39. The van der Waals surface area contributed by atoms with Crippen LogP contribution >= 0.6 is 0 Å². The number of methoxy groups -OCH3 is 1. The van der Waals surface area contributed by atoms with Gasteiger partial charge in [-0.25, -0.2) is 4.79 Å². The van der Waals surface area contributed by atoms with Gasteiger partial charge in [0.05, 0.1) is 26.4 Å². The zero-order valence-corrected chi connectivity index (χ0v) is 15.0. The van der Waals surface area contributed by atoms with Crippen LogP contribution in [0.5, 0.6) is 5.75 Å². The lowest BCUT2D eigenvalue weighted by atomic mass is 10.0. The van der Waals surface area contributed by atoms with Gasteiger partial charge in [-0.2, -0.15) is 0 Å². The van der Waals surface area contributed by atoms with Crippen LogP contribution in [0.4, 0.5) is 4.79 Å². The van der Waals surface area contributed by atoms with Crippen LogP contribution in [-0.4, -0.2) is 57.4 Å². The van der Waals surface area contributed by atoms with Crippen molar-refractivity contribution in [3.05, 3.63) is 29.8 Å². The van der Waals surface area contributed by atoms with E-state index in [9.17, 15) is 4.79 Å². The van der Waals surface area contributed by atoms with Crippen LogP contribution in [-0.2, 0) is 4.74 Å². The second-order valence-corrected chi connectivity index (χ2v) is 6.80. The molecule has 6 nitrogen and oxygen atoms in total. The first kappa shape index (κ1) is 18.0. The van der Waals surface area contributed by atoms with E-state index in [-0.39, 0.29) is 12.1 Å². The van der Waals surface area contributed by atoms with E-state index in [1.807, 2.05) is 24.3 Å². The summed E-state index contributed by atoms with van der Waals surface area (Å²) in [6, 6.07) is 8.00. The molecule has 0 bridgehead atoms. The van der Waals surface area contributed by atoms with Gasteiger partial charge < -0.3 is 20.1 Å². The normalized spacial score (nSPS) is 19.2. The number of ether oxygens (including phenoxy) is 2. The van der Waals surface area contributed by atoms with E-state index >= 15 is 0 Å². The highest BCUT2D eigenvalue weighted by molar-refractivity contribution is 5.74. The Morgan fingerprint density at radius 1 is 1.28 bits per heavy atom. The molecule has 1 heterocycles. The van der Waals surface area contributed by atoms with E-state index in [2.05, 4.69) is 15.5 Å². The summed E-state index contributed by atoms with van der Waals surface area (Å²) >= 11 is 0. The summed E-state index contributed by atoms with van der Waals surface area (Å²) in [5.41, 5.74) is 1.15. The summed E-state index contributed by atoms with van der Waals surface area (Å²) < 4.78 is 10.6. The third-order valence-corrected chi connectivity index (χ3v) is 4.90. The van der Waals surface area contributed by atoms with Crippen LogP contribution in [0.2, 0.25) is 0 Å². The van der Waals surface area contributed by atoms with Crippen LogP contribution in [0.25, 0.3) is 0 Å². The van der Waals surface area contributed by atoms with Gasteiger partial charge >= 0.3 is 6.03 Å². The Bertz CT molecular complexity index is 539. The fraction of sp³-hybridized carbons (Fsp3) is 0.632. The zero-order chi connectivity index (χ0) is 17.5. The van der Waals surface area contributed by atoms with E-state index in [0.717, 1.165) is 50.6 Å². The van der Waals surface area contributed by atoms with E-state index in [1.165, 1.54) is 12.8 Å². The van der Waals surface area contributed by atoms with Crippen LogP contribution in [0.3, 0.4) is 0 Å². The quantitative estimate of drug-likeness (QED) is 0.708. The molecule has 1 saturated carbocycles. The maximum atomic E-state index is 12.3. The van der Waals surface area contributed by atoms with Crippen LogP contribution in [0.1, 0.15) is 30.9 Å². The molecular weight excluding hydrogens is 318 g/mol. The van der Waals surface area contributed by atoms with Crippen molar-refractivity contribution in [2.24, 2.45) is 5.92 Å². The standard InChI is InChI=1S/C19H29N3O3/c1-24-17-7-5-16(6-8-17)18(15-3-4-15)21-19(23)20-9-2-10-22-11-13-25-14-12-22/h5-8,15,18H,2-4,9-14H2,1H3,(H2,20,21,23). The summed E-state index contributed by atoms with van der Waals surface area (Å²) in [7, 11) is 1.66. The lowest BCUT2D eigenvalue weighted by Crippen LogP contribution is -2.41. The second-order valence-electron chi connectivity index (χ2n) is 6.80. The minimum atomic E-state index is -0.0744. The van der Waals surface area contributed by atoms with Crippen molar-refractivity contribution in [3.63, 3.8) is 0 Å². The summed E-state index contributed by atoms with van der Waals surface area (Å²) in [4.78, 5) is 14.6. The van der Waals surface area contributed by atoms with E-state index in [1.54, 1.807) is 7.11 Å². The van der Waals surface area contributed by atoms with Crippen LogP contribution in [0, 0.1) is 5.92 Å². The molecule has 2 aliphatic rings. The zero-order valence-electron chi connectivity index (χ0n) is 15.0. The highest BCUT2D eigenvalue weighted by atomic mass is 16.5. The molecule has 2 fully saturated rings. The Balaban J connectivity index is 1.41. The van der Waals surface area contributed by atoms with Crippen LogP contribution < -0.4 is 15.4 Å². The first-order valence-corrected chi connectivity index (χ1v) is 9.24. The van der Waals surface area contributed by atoms with Crippen molar-refractivity contribution in [2.75, 3.05) is 46.5 Å². The molecule has 1 aliphatic carbocycles. The average Bonchev–Trinajstić information content (AvgIpc) is 3.49. The number of hydrogen-bond donors (Lipinski definition) is 2. The Kier molecular flexibility index (Phi) is 6.53. The molecule has 2 N–H and O–H groups in total. The SMILES string of the molecule is COc1ccc(C(NC(=O)NCCCN2CCOCC2)C2CC2)cc1. The average molecular weight is 347 g/mol. The summed E-state index contributed by atoms with van der Waals surface area (Å²) in [5, 5.41) is 6.14. The minimum Gasteiger partial charge on any atom is -0.497 e. The largest absolute Gasteiger partial charge is 0.497 e. The highest BCUT2D eigenvalue weighted by Gasteiger charge is 2.33. The number of benzene rings is 1. The van der Waals surface area contributed by atoms with Crippen molar-refractivity contribution in [1.82, 2.24) is 15.5 Å². The Morgan fingerprint density at radius 3 is 2.64 bits per heavy atom. The number of hydrogen-bond acceptors (Lipinski definition) is 4. The lowest BCUT2D eigenvalue weighted by molar-refractivity contribution is 0.0375. The molecule has 2 amide bonds. The summed E-state index contributed by atoms with van der Waals surface area (Å²) in [6.45, 7) is 5.33. The molecule has 25 heavy (non-hydrogen) atoms. The molecule has 1 unspecified atom stereocenters. The van der Waals surface area contributed by atoms with Crippen molar-refractivity contribution >= 4 is 6.03 Å². The molecule has 1 aromatic carbocycles. The van der Waals surface area contributed by atoms with Gasteiger partial charge in [-0.3, -0.25) is 4.90 Å². The van der Waals surface area contributed by atoms with Gasteiger partial charge in [0.15, 0.2) is 0 Å². The Hall–Kier alpha value is -1.79. The molecule has 1 saturated heterocycles. The Labute approximate surface area is 149 Å². The smallest absolute Gasteiger partial charge is 0.315 e. The third-order valence-electron chi connectivity index (χ3n) is 4.90. The van der Waals surface area contributed by atoms with Gasteiger partial charge in [-0.1, -0.05) is 12.1 Å². The van der Waals surface area contributed by atoms with Crippen molar-refractivity contribution in [3.8, 4) is 5.75 Å². The Morgan fingerprint density at radius 2 is 2.00 bits per heavy atom. The van der Waals surface area contributed by atoms with Gasteiger partial charge in [-0.15, -0.1) is 0 Å². The molecule has 3 rings (SSSR count). The fourth-order valence-corrected chi connectivity index (χ4v) is 3.24. The predicted molar refractivity (Wildman–Crippen MR) is 96.9 cm³/mol. The van der Waals surface area contributed by atoms with Crippen molar-refractivity contribution in [2.45, 2.75) is 25.3 Å². The molecule has 0 radical (unpaired) electrons. The van der Waals surface area contributed by atoms with E-state index in [0.29, 0.717) is 12.5 Å². The molecule has 6 heteroatoms. The molecule has 1 aromatic rings. The number of amides is 2. The highest BCUT2D eigenvalue weighted by Crippen LogP contribution is 2.41. The number of nitrogens with one attached hydrogen (secondary N) is 2. The number of nitrogens with zero attached hydrogens (tertiary/aromatic N) is 1. The van der Waals surface area contributed by atoms with Crippen LogP contribution in [0.15, 0.2) is 24.3 Å². The number of urea groups is 1. The molecular formula is C19H29N3O3. The number of morpholine rings is 1. The summed E-state index contributed by atoms with van der Waals surface area (Å²) in [6.07, 6.45) is 3.31. The lowest BCUT2D eigenvalue weighted by Gasteiger charge is -2.26. The van der Waals surface area contributed by atoms with Gasteiger partial charge in [0.2, 0.25) is 0 Å². The molecule has 1 aliphatic heterocycles. The second kappa shape index (κ2) is 9.06. The van der Waals surface area contributed by atoms with Gasteiger partial charge in [-0.05, 0) is 49.4 Å². The number of carbonyl (C=O) groups excluding carboxylic acids is 1. The van der Waals surface area contributed by atoms with Crippen molar-refractivity contribution < 1.29 is 14.3 Å². The monoisotopic (exact) mass is 347 g/mol. The molecule has 0 aromatic heterocycles. The minimum absolute atomic E-state index is 0.0744. The molecule has 0 spiro atoms. The number of carbonyl (C=O) groups is 1. The van der Waals surface area contributed by atoms with Crippen molar-refractivity contribution in [1.29, 1.82) is 0 Å². The number of rotatable bonds is 8. The molecule has 1 atom stereocenters. The van der Waals surface area contributed by atoms with Gasteiger partial charge in [0, 0.05) is 19.6 Å². The van der Waals surface area contributed by atoms with Gasteiger partial charge in [0.25, 0.3) is 0 Å². The maximum Gasteiger partial charge on any atom is 0.315 e. The predicted octanol–water partition coefficient (Wildman–Crippen LogP) is 2.17. The first-order chi connectivity index (χ1) is 12.3. The van der Waals surface area contributed by atoms with E-state index in [4.69, 9.17) is 9.47 Å². The van der Waals surface area contributed by atoms with E-state index < -0.39 is 0 Å². The third kappa shape index (κ3) is 5.61. The first-order valence-electron chi connectivity index (χ1n) is 9.24. The van der Waals surface area contributed by atoms with Gasteiger partial charge in [0.1, 0.15) is 5.75 Å².